The molecule has 0 spiro atoms. The van der Waals surface area contributed by atoms with E-state index in [0.29, 0.717) is 34.2 Å². The lowest BCUT2D eigenvalue weighted by atomic mass is 9.93. The highest BCUT2D eigenvalue weighted by Crippen LogP contribution is 2.32. The molecule has 3 aromatic carbocycles. The van der Waals surface area contributed by atoms with Gasteiger partial charge in [-0.3, -0.25) is 4.79 Å². The lowest BCUT2D eigenvalue weighted by Crippen LogP contribution is -2.23. The summed E-state index contributed by atoms with van der Waals surface area (Å²) in [6, 6.07) is 20.3. The van der Waals surface area contributed by atoms with Crippen molar-refractivity contribution in [2.75, 3.05) is 12.4 Å². The smallest absolute Gasteiger partial charge is 0.339 e. The molecule has 0 saturated carbocycles. The van der Waals surface area contributed by atoms with E-state index < -0.39 is 17.7 Å². The maximum atomic E-state index is 12.9. The van der Waals surface area contributed by atoms with Crippen LogP contribution in [0.15, 0.2) is 82.0 Å². The molecule has 7 heteroatoms. The average molecular weight is 441 g/mol. The number of carbonyl (C=O) groups excluding carboxylic acids is 2. The zero-order valence-electron chi connectivity index (χ0n) is 17.7. The normalized spacial score (nSPS) is 14.9. The molecular weight excluding hydrogens is 422 g/mol. The fourth-order valence-corrected chi connectivity index (χ4v) is 3.89. The Morgan fingerprint density at radius 3 is 2.58 bits per heavy atom. The molecule has 33 heavy (non-hydrogen) atoms. The standard InChI is InChI=1S/C26H19NO6/c1-31-20-7-2-15(3-8-20)23-14-18-12-17(4-9-21(18)26(30)33-23)25(29)27-19-6-10-22-16(13-19)5-11-24(28)32-22/h2-13,23H,14H2,1H3,(H,27,29). The van der Waals surface area contributed by atoms with E-state index in [1.165, 1.54) is 6.07 Å². The summed E-state index contributed by atoms with van der Waals surface area (Å²) in [6.45, 7) is 0. The van der Waals surface area contributed by atoms with Crippen molar-refractivity contribution in [1.29, 1.82) is 0 Å². The fraction of sp³-hybridized carbons (Fsp3) is 0.115. The van der Waals surface area contributed by atoms with Crippen molar-refractivity contribution in [3.63, 3.8) is 0 Å². The number of ether oxygens (including phenoxy) is 2. The summed E-state index contributed by atoms with van der Waals surface area (Å²) in [5.41, 5.74) is 3.06. The third-order valence-corrected chi connectivity index (χ3v) is 5.61. The van der Waals surface area contributed by atoms with E-state index in [4.69, 9.17) is 13.9 Å². The molecule has 1 unspecified atom stereocenters. The summed E-state index contributed by atoms with van der Waals surface area (Å²) in [6.07, 6.45) is 0.0214. The van der Waals surface area contributed by atoms with Crippen molar-refractivity contribution in [3.05, 3.63) is 105 Å². The van der Waals surface area contributed by atoms with Crippen LogP contribution in [-0.2, 0) is 11.2 Å². The first-order chi connectivity index (χ1) is 16.0. The number of rotatable bonds is 4. The largest absolute Gasteiger partial charge is 0.497 e. The van der Waals surface area contributed by atoms with Crippen LogP contribution in [0, 0.1) is 0 Å². The lowest BCUT2D eigenvalue weighted by molar-refractivity contribution is 0.0252. The summed E-state index contributed by atoms with van der Waals surface area (Å²) < 4.78 is 15.9. The maximum absolute atomic E-state index is 12.9. The molecule has 1 aliphatic heterocycles. The summed E-state index contributed by atoms with van der Waals surface area (Å²) in [7, 11) is 1.59. The molecule has 0 saturated heterocycles. The van der Waals surface area contributed by atoms with Gasteiger partial charge in [-0.1, -0.05) is 12.1 Å². The maximum Gasteiger partial charge on any atom is 0.339 e. The van der Waals surface area contributed by atoms with Gasteiger partial charge in [-0.15, -0.1) is 0 Å². The highest BCUT2D eigenvalue weighted by Gasteiger charge is 2.28. The Bertz CT molecular complexity index is 1440. The molecule has 4 aromatic rings. The van der Waals surface area contributed by atoms with Crippen molar-refractivity contribution >= 4 is 28.5 Å². The molecule has 2 heterocycles. The van der Waals surface area contributed by atoms with Gasteiger partial charge in [0.15, 0.2) is 0 Å². The minimum absolute atomic E-state index is 0.311. The van der Waals surface area contributed by atoms with Gasteiger partial charge in [0, 0.05) is 29.1 Å². The van der Waals surface area contributed by atoms with Crippen molar-refractivity contribution in [2.24, 2.45) is 0 Å². The fourth-order valence-electron chi connectivity index (χ4n) is 3.89. The van der Waals surface area contributed by atoms with Crippen LogP contribution in [-0.4, -0.2) is 19.0 Å². The summed E-state index contributed by atoms with van der Waals surface area (Å²) in [4.78, 5) is 36.8. The third-order valence-electron chi connectivity index (χ3n) is 5.61. The Kier molecular flexibility index (Phi) is 5.14. The highest BCUT2D eigenvalue weighted by atomic mass is 16.5. The molecule has 5 rings (SSSR count). The van der Waals surface area contributed by atoms with Crippen LogP contribution in [0.4, 0.5) is 5.69 Å². The monoisotopic (exact) mass is 441 g/mol. The van der Waals surface area contributed by atoms with Gasteiger partial charge >= 0.3 is 11.6 Å². The Morgan fingerprint density at radius 1 is 0.970 bits per heavy atom. The quantitative estimate of drug-likeness (QED) is 0.370. The molecule has 1 atom stereocenters. The van der Waals surface area contributed by atoms with E-state index >= 15 is 0 Å². The van der Waals surface area contributed by atoms with Crippen LogP contribution >= 0.6 is 0 Å². The molecule has 1 aliphatic rings. The van der Waals surface area contributed by atoms with Gasteiger partial charge in [-0.05, 0) is 65.7 Å². The molecule has 1 amide bonds. The van der Waals surface area contributed by atoms with Crippen LogP contribution in [0.25, 0.3) is 11.0 Å². The second-order valence-electron chi connectivity index (χ2n) is 7.70. The number of anilines is 1. The molecule has 0 bridgehead atoms. The second-order valence-corrected chi connectivity index (χ2v) is 7.70. The van der Waals surface area contributed by atoms with Gasteiger partial charge in [0.25, 0.3) is 5.91 Å². The van der Waals surface area contributed by atoms with Crippen molar-refractivity contribution in [3.8, 4) is 5.75 Å². The predicted octanol–water partition coefficient (Wildman–Crippen LogP) is 4.51. The first kappa shape index (κ1) is 20.5. The SMILES string of the molecule is COc1ccc(C2Cc3cc(C(=O)Nc4ccc5oc(=O)ccc5c4)ccc3C(=O)O2)cc1. The Balaban J connectivity index is 1.38. The molecule has 0 radical (unpaired) electrons. The zero-order chi connectivity index (χ0) is 22.9. The van der Waals surface area contributed by atoms with Crippen LogP contribution in [0.3, 0.4) is 0 Å². The number of hydrogen-bond acceptors (Lipinski definition) is 6. The summed E-state index contributed by atoms with van der Waals surface area (Å²) >= 11 is 0. The van der Waals surface area contributed by atoms with E-state index in [1.807, 2.05) is 24.3 Å². The predicted molar refractivity (Wildman–Crippen MR) is 122 cm³/mol. The number of hydrogen-bond donors (Lipinski definition) is 1. The minimum Gasteiger partial charge on any atom is -0.497 e. The van der Waals surface area contributed by atoms with Crippen LogP contribution in [0.2, 0.25) is 0 Å². The highest BCUT2D eigenvalue weighted by molar-refractivity contribution is 6.06. The lowest BCUT2D eigenvalue weighted by Gasteiger charge is -2.25. The van der Waals surface area contributed by atoms with E-state index in [9.17, 15) is 14.4 Å². The van der Waals surface area contributed by atoms with E-state index in [-0.39, 0.29) is 5.91 Å². The zero-order valence-corrected chi connectivity index (χ0v) is 17.7. The van der Waals surface area contributed by atoms with Gasteiger partial charge in [0.05, 0.1) is 12.7 Å². The molecule has 7 nitrogen and oxygen atoms in total. The Hall–Kier alpha value is -4.39. The Morgan fingerprint density at radius 2 is 1.79 bits per heavy atom. The number of carbonyl (C=O) groups is 2. The molecular formula is C26H19NO6. The topological polar surface area (TPSA) is 94.8 Å². The number of methoxy groups -OCH3 is 1. The van der Waals surface area contributed by atoms with Gasteiger partial charge in [0.1, 0.15) is 17.4 Å². The summed E-state index contributed by atoms with van der Waals surface area (Å²) in [5.74, 6) is -0.00871. The van der Waals surface area contributed by atoms with Crippen molar-refractivity contribution in [2.45, 2.75) is 12.5 Å². The van der Waals surface area contributed by atoms with Crippen LogP contribution < -0.4 is 15.7 Å². The van der Waals surface area contributed by atoms with E-state index in [1.54, 1.807) is 49.6 Å². The van der Waals surface area contributed by atoms with Crippen LogP contribution in [0.1, 0.15) is 37.9 Å². The minimum atomic E-state index is -0.440. The first-order valence-electron chi connectivity index (χ1n) is 10.3. The number of benzene rings is 3. The van der Waals surface area contributed by atoms with Crippen molar-refractivity contribution in [1.82, 2.24) is 0 Å². The van der Waals surface area contributed by atoms with Gasteiger partial charge < -0.3 is 19.2 Å². The molecule has 0 aliphatic carbocycles. The summed E-state index contributed by atoms with van der Waals surface area (Å²) in [5, 5.41) is 3.55. The van der Waals surface area contributed by atoms with Gasteiger partial charge in [0.2, 0.25) is 0 Å². The third kappa shape index (κ3) is 4.08. The molecule has 0 fully saturated rings. The number of cyclic esters (lactones) is 1. The number of nitrogens with one attached hydrogen (secondary N) is 1. The first-order valence-corrected chi connectivity index (χ1v) is 10.3. The molecule has 1 aromatic heterocycles. The van der Waals surface area contributed by atoms with Gasteiger partial charge in [-0.2, -0.15) is 0 Å². The molecule has 164 valence electrons. The second kappa shape index (κ2) is 8.27. The van der Waals surface area contributed by atoms with Crippen LogP contribution in [0.5, 0.6) is 5.75 Å². The Labute approximate surface area is 188 Å². The van der Waals surface area contributed by atoms with Gasteiger partial charge in [-0.25, -0.2) is 9.59 Å². The number of esters is 1. The van der Waals surface area contributed by atoms with Crippen molar-refractivity contribution < 1.29 is 23.5 Å². The van der Waals surface area contributed by atoms with E-state index in [2.05, 4.69) is 5.32 Å². The number of amides is 1. The van der Waals surface area contributed by atoms with E-state index in [0.717, 1.165) is 16.9 Å². The molecule has 1 N–H and O–H groups in total. The average Bonchev–Trinajstić information content (AvgIpc) is 2.83. The number of fused-ring (bicyclic) bond motifs is 2.